The molecule has 3 heterocycles. The van der Waals surface area contributed by atoms with Crippen molar-refractivity contribution in [3.05, 3.63) is 57.8 Å². The van der Waals surface area contributed by atoms with Crippen molar-refractivity contribution in [2.24, 2.45) is 0 Å². The molecule has 0 aliphatic carbocycles. The molecule has 0 saturated heterocycles. The van der Waals surface area contributed by atoms with Gasteiger partial charge in [0.15, 0.2) is 10.1 Å². The van der Waals surface area contributed by atoms with Crippen LogP contribution in [0.3, 0.4) is 0 Å². The molecule has 0 unspecified atom stereocenters. The summed E-state index contributed by atoms with van der Waals surface area (Å²) in [6, 6.07) is 7.46. The molecule has 1 aromatic carbocycles. The van der Waals surface area contributed by atoms with Crippen LogP contribution in [0.2, 0.25) is 0 Å². The van der Waals surface area contributed by atoms with E-state index in [4.69, 9.17) is 4.74 Å². The lowest BCUT2D eigenvalue weighted by Crippen LogP contribution is -2.13. The van der Waals surface area contributed by atoms with E-state index >= 15 is 0 Å². The Hall–Kier alpha value is -3.31. The second kappa shape index (κ2) is 6.78. The summed E-state index contributed by atoms with van der Waals surface area (Å²) in [4.78, 5) is 31.7. The first kappa shape index (κ1) is 17.1. The number of aromatic nitrogens is 3. The second-order valence-electron chi connectivity index (χ2n) is 5.34. The smallest absolute Gasteiger partial charge is 0.345 e. The van der Waals surface area contributed by atoms with Crippen LogP contribution in [-0.4, -0.2) is 32.3 Å². The molecule has 136 valence electrons. The Balaban J connectivity index is 1.60. The van der Waals surface area contributed by atoms with Gasteiger partial charge in [0.1, 0.15) is 17.6 Å². The van der Waals surface area contributed by atoms with Crippen molar-refractivity contribution in [3.8, 4) is 17.0 Å². The molecule has 0 saturated carbocycles. The van der Waals surface area contributed by atoms with E-state index in [1.165, 1.54) is 11.3 Å². The van der Waals surface area contributed by atoms with Crippen LogP contribution in [0.25, 0.3) is 16.2 Å². The molecular formula is C16H11N5O4S2. The van der Waals surface area contributed by atoms with Crippen LogP contribution in [-0.2, 0) is 0 Å². The van der Waals surface area contributed by atoms with Crippen molar-refractivity contribution >= 4 is 43.7 Å². The highest BCUT2D eigenvalue weighted by atomic mass is 32.1. The van der Waals surface area contributed by atoms with Gasteiger partial charge in [-0.25, -0.2) is 9.97 Å². The van der Waals surface area contributed by atoms with Crippen molar-refractivity contribution < 1.29 is 14.5 Å². The monoisotopic (exact) mass is 401 g/mol. The van der Waals surface area contributed by atoms with E-state index in [1.807, 2.05) is 24.3 Å². The van der Waals surface area contributed by atoms with Crippen molar-refractivity contribution in [1.82, 2.24) is 14.4 Å². The van der Waals surface area contributed by atoms with Crippen LogP contribution in [0.15, 0.2) is 42.0 Å². The van der Waals surface area contributed by atoms with Crippen molar-refractivity contribution in [2.45, 2.75) is 0 Å². The summed E-state index contributed by atoms with van der Waals surface area (Å²) in [5, 5.41) is 15.0. The summed E-state index contributed by atoms with van der Waals surface area (Å²) >= 11 is 2.13. The fraction of sp³-hybridized carbons (Fsp3) is 0.0625. The van der Waals surface area contributed by atoms with E-state index in [0.717, 1.165) is 34.5 Å². The normalized spacial score (nSPS) is 10.9. The molecule has 0 bridgehead atoms. The Labute approximate surface area is 160 Å². The van der Waals surface area contributed by atoms with E-state index < -0.39 is 10.8 Å². The number of amides is 1. The number of hydrogen-bond donors (Lipinski definition) is 1. The fourth-order valence-electron chi connectivity index (χ4n) is 2.42. The minimum atomic E-state index is -0.548. The van der Waals surface area contributed by atoms with Gasteiger partial charge >= 0.3 is 5.00 Å². The van der Waals surface area contributed by atoms with E-state index in [0.29, 0.717) is 10.7 Å². The van der Waals surface area contributed by atoms with Crippen LogP contribution in [0.4, 0.5) is 10.1 Å². The number of nitrogens with zero attached hydrogens (tertiary/aromatic N) is 4. The quantitative estimate of drug-likeness (QED) is 0.403. The molecule has 0 aliphatic heterocycles. The number of carbonyl (C=O) groups excluding carboxylic acids is 1. The molecule has 0 radical (unpaired) electrons. The largest absolute Gasteiger partial charge is 0.497 e. The van der Waals surface area contributed by atoms with Crippen LogP contribution in [0.5, 0.6) is 5.75 Å². The lowest BCUT2D eigenvalue weighted by molar-refractivity contribution is -0.380. The highest BCUT2D eigenvalue weighted by Crippen LogP contribution is 2.28. The van der Waals surface area contributed by atoms with Gasteiger partial charge in [0.2, 0.25) is 0 Å². The van der Waals surface area contributed by atoms with Crippen molar-refractivity contribution in [2.75, 3.05) is 12.4 Å². The third kappa shape index (κ3) is 3.25. The summed E-state index contributed by atoms with van der Waals surface area (Å²) in [6.45, 7) is 0. The number of anilines is 1. The Morgan fingerprint density at radius 1 is 1.33 bits per heavy atom. The molecule has 0 atom stereocenters. The Bertz CT molecular complexity index is 1150. The number of benzene rings is 1. The highest BCUT2D eigenvalue weighted by molar-refractivity contribution is 7.18. The van der Waals surface area contributed by atoms with Crippen LogP contribution in [0, 0.1) is 10.1 Å². The lowest BCUT2D eigenvalue weighted by atomic mass is 10.2. The first-order valence-corrected chi connectivity index (χ1v) is 9.27. The molecule has 0 aliphatic rings. The van der Waals surface area contributed by atoms with Gasteiger partial charge in [-0.05, 0) is 35.6 Å². The minimum Gasteiger partial charge on any atom is -0.497 e. The Morgan fingerprint density at radius 2 is 2.11 bits per heavy atom. The molecule has 4 rings (SSSR count). The van der Waals surface area contributed by atoms with E-state index in [1.54, 1.807) is 23.1 Å². The standard InChI is InChI=1S/C16H11N5O4S2/c1-25-10-4-2-9(3-5-10)11-7-20-12(8-26-16(20)18-11)14(22)19-15-17-6-13(27-15)21(23)24/h2-8H,1H3,(H,17,19,22). The third-order valence-corrected chi connectivity index (χ3v) is 5.43. The van der Waals surface area contributed by atoms with Crippen molar-refractivity contribution in [1.29, 1.82) is 0 Å². The molecule has 9 nitrogen and oxygen atoms in total. The summed E-state index contributed by atoms with van der Waals surface area (Å²) in [5.41, 5.74) is 2.00. The number of ether oxygens (including phenoxy) is 1. The molecule has 4 aromatic rings. The maximum Gasteiger partial charge on any atom is 0.345 e. The molecular weight excluding hydrogens is 390 g/mol. The Kier molecular flexibility index (Phi) is 4.30. The molecule has 27 heavy (non-hydrogen) atoms. The number of carbonyl (C=O) groups is 1. The van der Waals surface area contributed by atoms with Crippen molar-refractivity contribution in [3.63, 3.8) is 0 Å². The van der Waals surface area contributed by atoms with Gasteiger partial charge in [0.25, 0.3) is 5.91 Å². The first-order chi connectivity index (χ1) is 13.0. The van der Waals surface area contributed by atoms with E-state index in [-0.39, 0.29) is 10.1 Å². The number of fused-ring (bicyclic) bond motifs is 1. The number of rotatable bonds is 5. The predicted molar refractivity (Wildman–Crippen MR) is 102 cm³/mol. The third-order valence-electron chi connectivity index (χ3n) is 3.72. The highest BCUT2D eigenvalue weighted by Gasteiger charge is 2.18. The zero-order valence-electron chi connectivity index (χ0n) is 13.8. The SMILES string of the molecule is COc1ccc(-c2cn3c(C(=O)Nc4ncc([N+](=O)[O-])s4)csc3n2)cc1. The number of methoxy groups -OCH3 is 1. The van der Waals surface area contributed by atoms with E-state index in [2.05, 4.69) is 15.3 Å². The van der Waals surface area contributed by atoms with Gasteiger partial charge in [0, 0.05) is 17.1 Å². The lowest BCUT2D eigenvalue weighted by Gasteiger charge is -2.01. The van der Waals surface area contributed by atoms with Crippen LogP contribution < -0.4 is 10.1 Å². The summed E-state index contributed by atoms with van der Waals surface area (Å²) in [7, 11) is 1.60. The minimum absolute atomic E-state index is 0.134. The first-order valence-electron chi connectivity index (χ1n) is 7.58. The number of imidazole rings is 1. The molecule has 1 N–H and O–H groups in total. The molecule has 1 amide bonds. The maximum absolute atomic E-state index is 12.5. The maximum atomic E-state index is 12.5. The molecule has 3 aromatic heterocycles. The number of thiazole rings is 2. The number of nitrogens with one attached hydrogen (secondary N) is 1. The average Bonchev–Trinajstić information content (AvgIpc) is 3.37. The van der Waals surface area contributed by atoms with Crippen LogP contribution >= 0.6 is 22.7 Å². The fourth-order valence-corrected chi connectivity index (χ4v) is 3.90. The molecule has 0 fully saturated rings. The molecule has 11 heteroatoms. The topological polar surface area (TPSA) is 112 Å². The summed E-state index contributed by atoms with van der Waals surface area (Å²) < 4.78 is 6.83. The average molecular weight is 401 g/mol. The summed E-state index contributed by atoms with van der Waals surface area (Å²) in [5.74, 6) is 0.335. The van der Waals surface area contributed by atoms with Gasteiger partial charge in [-0.3, -0.25) is 24.6 Å². The molecule has 0 spiro atoms. The van der Waals surface area contributed by atoms with E-state index in [9.17, 15) is 14.9 Å². The summed E-state index contributed by atoms with van der Waals surface area (Å²) in [6.07, 6.45) is 2.88. The predicted octanol–water partition coefficient (Wildman–Crippen LogP) is 3.69. The van der Waals surface area contributed by atoms with Gasteiger partial charge < -0.3 is 4.74 Å². The van der Waals surface area contributed by atoms with Crippen LogP contribution in [0.1, 0.15) is 10.5 Å². The zero-order valence-corrected chi connectivity index (χ0v) is 15.4. The van der Waals surface area contributed by atoms with Gasteiger partial charge in [-0.15, -0.1) is 11.3 Å². The number of hydrogen-bond acceptors (Lipinski definition) is 8. The second-order valence-corrected chi connectivity index (χ2v) is 7.19. The van der Waals surface area contributed by atoms with Gasteiger partial charge in [-0.1, -0.05) is 0 Å². The van der Waals surface area contributed by atoms with Gasteiger partial charge in [-0.2, -0.15) is 0 Å². The van der Waals surface area contributed by atoms with Gasteiger partial charge in [0.05, 0.1) is 17.7 Å². The zero-order chi connectivity index (χ0) is 19.0. The number of nitro groups is 1. The Morgan fingerprint density at radius 3 is 2.78 bits per heavy atom.